The highest BCUT2D eigenvalue weighted by Gasteiger charge is 2.12. The van der Waals surface area contributed by atoms with Gasteiger partial charge in [0.1, 0.15) is 5.75 Å². The highest BCUT2D eigenvalue weighted by molar-refractivity contribution is 6.00. The predicted molar refractivity (Wildman–Crippen MR) is 85.0 cm³/mol. The van der Waals surface area contributed by atoms with Gasteiger partial charge in [0.15, 0.2) is 0 Å². The zero-order valence-electron chi connectivity index (χ0n) is 12.8. The first-order valence-electron chi connectivity index (χ1n) is 7.28. The summed E-state index contributed by atoms with van der Waals surface area (Å²) in [5.41, 5.74) is 12.9. The normalized spacial score (nSPS) is 10.7. The van der Waals surface area contributed by atoms with Crippen LogP contribution in [0.15, 0.2) is 18.2 Å². The Morgan fingerprint density at radius 3 is 2.62 bits per heavy atom. The lowest BCUT2D eigenvalue weighted by Crippen LogP contribution is -2.13. The summed E-state index contributed by atoms with van der Waals surface area (Å²) >= 11 is 0. The summed E-state index contributed by atoms with van der Waals surface area (Å²) < 4.78 is 5.75. The minimum Gasteiger partial charge on any atom is -0.493 e. The Morgan fingerprint density at radius 2 is 2.05 bits per heavy atom. The van der Waals surface area contributed by atoms with Crippen LogP contribution in [0.3, 0.4) is 0 Å². The standard InChI is InChI=1S/C16H25N3O2/c1-11(2)13-10-12(14(18)5-7-16(19)20)4-6-15(13)21-9-3-8-17/h4,6,10-11,18H,3,5,7-9,17H2,1-2H3,(H2,19,20). The van der Waals surface area contributed by atoms with Gasteiger partial charge in [-0.15, -0.1) is 0 Å². The second-order valence-electron chi connectivity index (χ2n) is 5.34. The van der Waals surface area contributed by atoms with E-state index in [0.29, 0.717) is 31.2 Å². The van der Waals surface area contributed by atoms with E-state index in [1.165, 1.54) is 0 Å². The number of nitrogens with two attached hydrogens (primary N) is 2. The molecule has 0 spiro atoms. The Labute approximate surface area is 126 Å². The summed E-state index contributed by atoms with van der Waals surface area (Å²) in [6.07, 6.45) is 1.37. The highest BCUT2D eigenvalue weighted by Crippen LogP contribution is 2.28. The van der Waals surface area contributed by atoms with E-state index in [1.54, 1.807) is 0 Å². The number of hydrogen-bond acceptors (Lipinski definition) is 4. The van der Waals surface area contributed by atoms with Crippen LogP contribution < -0.4 is 16.2 Å². The number of benzene rings is 1. The molecule has 5 heteroatoms. The number of carbonyl (C=O) groups excluding carboxylic acids is 1. The second kappa shape index (κ2) is 8.42. The molecule has 0 bridgehead atoms. The third kappa shape index (κ3) is 5.55. The van der Waals surface area contributed by atoms with E-state index in [9.17, 15) is 4.79 Å². The van der Waals surface area contributed by atoms with Gasteiger partial charge in [-0.05, 0) is 54.6 Å². The molecule has 0 unspecified atom stereocenters. The SMILES string of the molecule is CC(C)c1cc(C(=N)CCC(N)=O)ccc1OCCCN. The fourth-order valence-electron chi connectivity index (χ4n) is 1.98. The lowest BCUT2D eigenvalue weighted by atomic mass is 9.96. The highest BCUT2D eigenvalue weighted by atomic mass is 16.5. The van der Waals surface area contributed by atoms with Crippen molar-refractivity contribution in [2.24, 2.45) is 11.5 Å². The number of amides is 1. The molecule has 1 rings (SSSR count). The fraction of sp³-hybridized carbons (Fsp3) is 0.500. The average molecular weight is 291 g/mol. The van der Waals surface area contributed by atoms with Gasteiger partial charge in [0, 0.05) is 12.1 Å². The lowest BCUT2D eigenvalue weighted by molar-refractivity contribution is -0.117. The molecular formula is C16H25N3O2. The van der Waals surface area contributed by atoms with Gasteiger partial charge in [0.2, 0.25) is 5.91 Å². The molecule has 0 aliphatic rings. The van der Waals surface area contributed by atoms with Gasteiger partial charge in [0.25, 0.3) is 0 Å². The van der Waals surface area contributed by atoms with Gasteiger partial charge in [0.05, 0.1) is 6.61 Å². The topological polar surface area (TPSA) is 102 Å². The fourth-order valence-corrected chi connectivity index (χ4v) is 1.98. The molecule has 0 aromatic heterocycles. The molecule has 0 heterocycles. The van der Waals surface area contributed by atoms with E-state index in [2.05, 4.69) is 13.8 Å². The molecule has 0 aliphatic heterocycles. The summed E-state index contributed by atoms with van der Waals surface area (Å²) in [6.45, 7) is 5.37. The number of ether oxygens (including phenoxy) is 1. The van der Waals surface area contributed by atoms with Crippen molar-refractivity contribution in [1.29, 1.82) is 5.41 Å². The summed E-state index contributed by atoms with van der Waals surface area (Å²) in [4.78, 5) is 10.8. The number of carbonyl (C=O) groups is 1. The molecule has 116 valence electrons. The van der Waals surface area contributed by atoms with Crippen LogP contribution in [0.1, 0.15) is 50.2 Å². The molecule has 21 heavy (non-hydrogen) atoms. The molecule has 5 N–H and O–H groups in total. The van der Waals surface area contributed by atoms with Crippen molar-refractivity contribution in [3.05, 3.63) is 29.3 Å². The van der Waals surface area contributed by atoms with Crippen molar-refractivity contribution >= 4 is 11.6 Å². The number of rotatable bonds is 9. The van der Waals surface area contributed by atoms with Gasteiger partial charge in [-0.1, -0.05) is 13.8 Å². The summed E-state index contributed by atoms with van der Waals surface area (Å²) in [7, 11) is 0. The first-order valence-corrected chi connectivity index (χ1v) is 7.28. The quantitative estimate of drug-likeness (QED) is 0.480. The maximum atomic E-state index is 10.8. The van der Waals surface area contributed by atoms with Crippen LogP contribution in [-0.2, 0) is 4.79 Å². The Balaban J connectivity index is 2.86. The first kappa shape index (κ1) is 17.2. The van der Waals surface area contributed by atoms with Crippen LogP contribution in [0, 0.1) is 5.41 Å². The Bertz CT molecular complexity index is 498. The maximum absolute atomic E-state index is 10.8. The van der Waals surface area contributed by atoms with Crippen molar-refractivity contribution in [2.45, 2.75) is 39.0 Å². The molecule has 0 saturated heterocycles. The summed E-state index contributed by atoms with van der Waals surface area (Å²) in [5, 5.41) is 8.03. The molecule has 1 aromatic rings. The number of hydrogen-bond donors (Lipinski definition) is 3. The van der Waals surface area contributed by atoms with E-state index in [0.717, 1.165) is 23.3 Å². The van der Waals surface area contributed by atoms with Crippen molar-refractivity contribution in [3.8, 4) is 5.75 Å². The Hall–Kier alpha value is -1.88. The predicted octanol–water partition coefficient (Wildman–Crippen LogP) is 2.17. The van der Waals surface area contributed by atoms with E-state index in [4.69, 9.17) is 21.6 Å². The minimum absolute atomic E-state index is 0.199. The maximum Gasteiger partial charge on any atom is 0.217 e. The molecule has 1 amide bonds. The minimum atomic E-state index is -0.384. The van der Waals surface area contributed by atoms with Gasteiger partial charge in [-0.25, -0.2) is 0 Å². The van der Waals surface area contributed by atoms with Gasteiger partial charge >= 0.3 is 0 Å². The first-order chi connectivity index (χ1) is 9.95. The second-order valence-corrected chi connectivity index (χ2v) is 5.34. The van der Waals surface area contributed by atoms with E-state index >= 15 is 0 Å². The third-order valence-electron chi connectivity index (χ3n) is 3.21. The van der Waals surface area contributed by atoms with Crippen molar-refractivity contribution < 1.29 is 9.53 Å². The van der Waals surface area contributed by atoms with Gasteiger partial charge < -0.3 is 21.6 Å². The smallest absolute Gasteiger partial charge is 0.217 e. The molecule has 0 atom stereocenters. The monoisotopic (exact) mass is 291 g/mol. The molecule has 5 nitrogen and oxygen atoms in total. The zero-order chi connectivity index (χ0) is 15.8. The molecule has 1 aromatic carbocycles. The van der Waals surface area contributed by atoms with Crippen LogP contribution >= 0.6 is 0 Å². The zero-order valence-corrected chi connectivity index (χ0v) is 12.8. The Kier molecular flexibility index (Phi) is 6.88. The van der Waals surface area contributed by atoms with Crippen molar-refractivity contribution in [1.82, 2.24) is 0 Å². The van der Waals surface area contributed by atoms with Crippen LogP contribution in [0.2, 0.25) is 0 Å². The van der Waals surface area contributed by atoms with E-state index in [1.807, 2.05) is 18.2 Å². The molecule has 0 saturated carbocycles. The lowest BCUT2D eigenvalue weighted by Gasteiger charge is -2.16. The molecular weight excluding hydrogens is 266 g/mol. The van der Waals surface area contributed by atoms with Crippen molar-refractivity contribution in [3.63, 3.8) is 0 Å². The van der Waals surface area contributed by atoms with E-state index in [-0.39, 0.29) is 12.3 Å². The van der Waals surface area contributed by atoms with Crippen LogP contribution in [0.4, 0.5) is 0 Å². The van der Waals surface area contributed by atoms with Crippen LogP contribution in [0.5, 0.6) is 5.75 Å². The Morgan fingerprint density at radius 1 is 1.33 bits per heavy atom. The summed E-state index contributed by atoms with van der Waals surface area (Å²) in [5.74, 6) is 0.747. The number of nitrogens with one attached hydrogen (secondary N) is 1. The van der Waals surface area contributed by atoms with Crippen LogP contribution in [0.25, 0.3) is 0 Å². The largest absolute Gasteiger partial charge is 0.493 e. The van der Waals surface area contributed by atoms with Crippen molar-refractivity contribution in [2.75, 3.05) is 13.2 Å². The summed E-state index contributed by atoms with van der Waals surface area (Å²) in [6, 6.07) is 5.71. The molecule has 0 fully saturated rings. The van der Waals surface area contributed by atoms with Gasteiger partial charge in [-0.3, -0.25) is 4.79 Å². The van der Waals surface area contributed by atoms with E-state index < -0.39 is 0 Å². The van der Waals surface area contributed by atoms with Crippen LogP contribution in [-0.4, -0.2) is 24.8 Å². The number of primary amides is 1. The molecule has 0 aliphatic carbocycles. The average Bonchev–Trinajstić information content (AvgIpc) is 2.45. The molecule has 0 radical (unpaired) electrons. The van der Waals surface area contributed by atoms with Gasteiger partial charge in [-0.2, -0.15) is 0 Å². The third-order valence-corrected chi connectivity index (χ3v) is 3.21.